The number of thiophene rings is 1. The third-order valence-corrected chi connectivity index (χ3v) is 4.48. The maximum absolute atomic E-state index is 12.8. The van der Waals surface area contributed by atoms with Crippen LogP contribution < -0.4 is 10.2 Å². The van der Waals surface area contributed by atoms with Gasteiger partial charge in [-0.1, -0.05) is 0 Å². The van der Waals surface area contributed by atoms with Crippen molar-refractivity contribution in [2.45, 2.75) is 31.8 Å². The lowest BCUT2D eigenvalue weighted by molar-refractivity contribution is 0.0955. The molecule has 0 atom stereocenters. The number of nitrogens with zero attached hydrogens (tertiary/aromatic N) is 1. The third kappa shape index (κ3) is 4.39. The van der Waals surface area contributed by atoms with Gasteiger partial charge >= 0.3 is 0 Å². The smallest absolute Gasteiger partial charge is 0.271 e. The fourth-order valence-electron chi connectivity index (χ4n) is 2.50. The highest BCUT2D eigenvalue weighted by Gasteiger charge is 2.16. The van der Waals surface area contributed by atoms with Crippen LogP contribution in [-0.2, 0) is 0 Å². The first-order valence-corrected chi connectivity index (χ1v) is 8.38. The van der Waals surface area contributed by atoms with Gasteiger partial charge in [0.1, 0.15) is 5.75 Å². The lowest BCUT2D eigenvalue weighted by Gasteiger charge is -2.12. The molecule has 1 fully saturated rings. The lowest BCUT2D eigenvalue weighted by Crippen LogP contribution is -2.17. The van der Waals surface area contributed by atoms with E-state index in [1.807, 2.05) is 0 Å². The standard InChI is InChI=1S/C17H17FN2O2S/c18-16-10-9-15(23-16)11-19-20-17(21)12-5-7-14(8-6-12)22-13-3-1-2-4-13/h5-11,13H,1-4H2,(H,20,21)/b19-11-. The van der Waals surface area contributed by atoms with Crippen molar-refractivity contribution in [1.82, 2.24) is 5.43 Å². The van der Waals surface area contributed by atoms with Crippen molar-refractivity contribution >= 4 is 23.5 Å². The molecule has 0 spiro atoms. The summed E-state index contributed by atoms with van der Waals surface area (Å²) < 4.78 is 18.7. The fourth-order valence-corrected chi connectivity index (χ4v) is 3.10. The number of rotatable bonds is 5. The molecule has 1 N–H and O–H groups in total. The van der Waals surface area contributed by atoms with E-state index < -0.39 is 0 Å². The summed E-state index contributed by atoms with van der Waals surface area (Å²) in [5.41, 5.74) is 2.92. The first-order valence-electron chi connectivity index (χ1n) is 7.56. The van der Waals surface area contributed by atoms with Gasteiger partial charge < -0.3 is 4.74 Å². The molecule has 23 heavy (non-hydrogen) atoms. The van der Waals surface area contributed by atoms with E-state index in [2.05, 4.69) is 10.5 Å². The van der Waals surface area contributed by atoms with Crippen molar-refractivity contribution in [3.8, 4) is 5.75 Å². The minimum absolute atomic E-state index is 0.282. The van der Waals surface area contributed by atoms with E-state index in [4.69, 9.17) is 4.74 Å². The van der Waals surface area contributed by atoms with Crippen LogP contribution in [0.2, 0.25) is 0 Å². The van der Waals surface area contributed by atoms with Crippen molar-refractivity contribution in [2.75, 3.05) is 0 Å². The zero-order valence-corrected chi connectivity index (χ0v) is 13.3. The van der Waals surface area contributed by atoms with E-state index in [0.717, 1.165) is 29.9 Å². The fraction of sp³-hybridized carbons (Fsp3) is 0.294. The van der Waals surface area contributed by atoms with Gasteiger partial charge in [0.25, 0.3) is 5.91 Å². The van der Waals surface area contributed by atoms with Crippen LogP contribution in [-0.4, -0.2) is 18.2 Å². The van der Waals surface area contributed by atoms with Crippen molar-refractivity contribution in [3.63, 3.8) is 0 Å². The minimum Gasteiger partial charge on any atom is -0.490 e. The second kappa shape index (κ2) is 7.37. The Morgan fingerprint density at radius 2 is 1.96 bits per heavy atom. The van der Waals surface area contributed by atoms with Crippen LogP contribution in [0.5, 0.6) is 5.75 Å². The molecule has 120 valence electrons. The number of carbonyl (C=O) groups excluding carboxylic acids is 1. The van der Waals surface area contributed by atoms with Gasteiger partial charge in [0.2, 0.25) is 0 Å². The van der Waals surface area contributed by atoms with Crippen molar-refractivity contribution in [1.29, 1.82) is 0 Å². The summed E-state index contributed by atoms with van der Waals surface area (Å²) in [5, 5.41) is 3.54. The molecule has 4 nitrogen and oxygen atoms in total. The Hall–Kier alpha value is -2.21. The lowest BCUT2D eigenvalue weighted by atomic mass is 10.2. The van der Waals surface area contributed by atoms with Crippen molar-refractivity contribution < 1.29 is 13.9 Å². The summed E-state index contributed by atoms with van der Waals surface area (Å²) >= 11 is 0.968. The Bertz CT molecular complexity index is 691. The number of amides is 1. The molecule has 1 amide bonds. The van der Waals surface area contributed by atoms with Gasteiger partial charge in [-0.15, -0.1) is 11.3 Å². The van der Waals surface area contributed by atoms with Crippen molar-refractivity contribution in [3.05, 3.63) is 52.0 Å². The first kappa shape index (κ1) is 15.7. The van der Waals surface area contributed by atoms with Gasteiger partial charge in [-0.2, -0.15) is 9.49 Å². The molecule has 1 aliphatic rings. The van der Waals surface area contributed by atoms with Crippen LogP contribution in [0.15, 0.2) is 41.5 Å². The molecule has 0 aliphatic heterocycles. The predicted octanol–water partition coefficient (Wildman–Crippen LogP) is 3.97. The number of nitrogens with one attached hydrogen (secondary N) is 1. The van der Waals surface area contributed by atoms with Gasteiger partial charge in [0.15, 0.2) is 5.13 Å². The molecule has 0 radical (unpaired) electrons. The molecule has 2 aromatic rings. The van der Waals surface area contributed by atoms with E-state index in [9.17, 15) is 9.18 Å². The number of halogens is 1. The van der Waals surface area contributed by atoms with Crippen molar-refractivity contribution in [2.24, 2.45) is 5.10 Å². The summed E-state index contributed by atoms with van der Waals surface area (Å²) in [5.74, 6) is 0.469. The van der Waals surface area contributed by atoms with E-state index in [1.165, 1.54) is 25.1 Å². The SMILES string of the molecule is O=C(N/N=C\c1ccc(F)s1)c1ccc(OC2CCCC2)cc1. The van der Waals surface area contributed by atoms with Gasteiger partial charge in [-0.25, -0.2) is 5.43 Å². The quantitative estimate of drug-likeness (QED) is 0.665. The highest BCUT2D eigenvalue weighted by atomic mass is 32.1. The molecule has 0 unspecified atom stereocenters. The second-order valence-corrected chi connectivity index (χ2v) is 6.46. The second-order valence-electron chi connectivity index (χ2n) is 5.39. The topological polar surface area (TPSA) is 50.7 Å². The summed E-state index contributed by atoms with van der Waals surface area (Å²) in [6.07, 6.45) is 6.35. The summed E-state index contributed by atoms with van der Waals surface area (Å²) in [6, 6.07) is 9.97. The highest BCUT2D eigenvalue weighted by molar-refractivity contribution is 7.12. The molecule has 0 bridgehead atoms. The summed E-state index contributed by atoms with van der Waals surface area (Å²) in [4.78, 5) is 12.6. The molecule has 6 heteroatoms. The van der Waals surface area contributed by atoms with Crippen LogP contribution >= 0.6 is 11.3 Å². The molecular formula is C17H17FN2O2S. The Kier molecular flexibility index (Phi) is 5.02. The Labute approximate surface area is 138 Å². The molecule has 0 saturated heterocycles. The normalized spacial score (nSPS) is 15.2. The van der Waals surface area contributed by atoms with Gasteiger partial charge in [-0.05, 0) is 62.1 Å². The van der Waals surface area contributed by atoms with Crippen LogP contribution in [0, 0.1) is 5.13 Å². The average molecular weight is 332 g/mol. The number of ether oxygens (including phenoxy) is 1. The number of carbonyl (C=O) groups is 1. The number of benzene rings is 1. The summed E-state index contributed by atoms with van der Waals surface area (Å²) in [6.45, 7) is 0. The molecule has 1 saturated carbocycles. The first-order chi connectivity index (χ1) is 11.2. The Morgan fingerprint density at radius 1 is 1.22 bits per heavy atom. The minimum atomic E-state index is -0.314. The molecule has 1 aromatic carbocycles. The largest absolute Gasteiger partial charge is 0.490 e. The molecule has 1 aromatic heterocycles. The highest BCUT2D eigenvalue weighted by Crippen LogP contribution is 2.24. The average Bonchev–Trinajstić information content (AvgIpc) is 3.20. The third-order valence-electron chi connectivity index (χ3n) is 3.67. The summed E-state index contributed by atoms with van der Waals surface area (Å²) in [7, 11) is 0. The molecule has 1 aliphatic carbocycles. The van der Waals surface area contributed by atoms with Crippen LogP contribution in [0.4, 0.5) is 4.39 Å². The maximum Gasteiger partial charge on any atom is 0.271 e. The van der Waals surface area contributed by atoms with Gasteiger partial charge in [-0.3, -0.25) is 4.79 Å². The predicted molar refractivity (Wildman–Crippen MR) is 88.7 cm³/mol. The zero-order chi connectivity index (χ0) is 16.1. The Balaban J connectivity index is 1.53. The Morgan fingerprint density at radius 3 is 2.61 bits per heavy atom. The van der Waals surface area contributed by atoms with Gasteiger partial charge in [0, 0.05) is 5.56 Å². The molecule has 1 heterocycles. The van der Waals surface area contributed by atoms with Crippen LogP contribution in [0.3, 0.4) is 0 Å². The maximum atomic E-state index is 12.8. The molecular weight excluding hydrogens is 315 g/mol. The zero-order valence-electron chi connectivity index (χ0n) is 12.5. The monoisotopic (exact) mass is 332 g/mol. The van der Waals surface area contributed by atoms with Gasteiger partial charge in [0.05, 0.1) is 17.2 Å². The van der Waals surface area contributed by atoms with E-state index in [1.54, 1.807) is 30.3 Å². The molecule has 3 rings (SSSR count). The number of hydrogen-bond donors (Lipinski definition) is 1. The van der Waals surface area contributed by atoms with E-state index in [-0.39, 0.29) is 11.0 Å². The van der Waals surface area contributed by atoms with Crippen LogP contribution in [0.25, 0.3) is 0 Å². The number of hydrazone groups is 1. The number of hydrogen-bond acceptors (Lipinski definition) is 4. The van der Waals surface area contributed by atoms with E-state index >= 15 is 0 Å². The van der Waals surface area contributed by atoms with Crippen LogP contribution in [0.1, 0.15) is 40.9 Å². The van der Waals surface area contributed by atoms with E-state index in [0.29, 0.717) is 16.5 Å².